The van der Waals surface area contributed by atoms with Crippen molar-refractivity contribution in [3.63, 3.8) is 0 Å². The van der Waals surface area contributed by atoms with E-state index in [0.717, 1.165) is 0 Å². The van der Waals surface area contributed by atoms with Crippen LogP contribution in [0, 0.1) is 6.92 Å². The fourth-order valence-electron chi connectivity index (χ4n) is 1.19. The molecule has 0 heterocycles. The highest BCUT2D eigenvalue weighted by Gasteiger charge is 2.54. The zero-order valence-corrected chi connectivity index (χ0v) is 10.1. The quantitative estimate of drug-likeness (QED) is 0.525. The number of hydrogen-bond acceptors (Lipinski definition) is 6. The first-order valence-electron chi connectivity index (χ1n) is 4.71. The monoisotopic (exact) mass is 262 g/mol. The van der Waals surface area contributed by atoms with Gasteiger partial charge in [-0.2, -0.15) is 0 Å². The SMILES string of the molecule is Cc1cccc(S(=O)(=O)C(C)(O)C(O)(O)O)c1. The third-order valence-corrected chi connectivity index (χ3v) is 4.64. The summed E-state index contributed by atoms with van der Waals surface area (Å²) in [6.45, 7) is 2.24. The van der Waals surface area contributed by atoms with Crippen LogP contribution in [0.5, 0.6) is 0 Å². The zero-order valence-electron chi connectivity index (χ0n) is 9.32. The number of aryl methyl sites for hydroxylation is 1. The summed E-state index contributed by atoms with van der Waals surface area (Å²) in [6, 6.07) is 5.50. The van der Waals surface area contributed by atoms with E-state index in [1.54, 1.807) is 13.0 Å². The van der Waals surface area contributed by atoms with Crippen LogP contribution in [0.3, 0.4) is 0 Å². The van der Waals surface area contributed by atoms with Crippen LogP contribution < -0.4 is 0 Å². The molecule has 0 aliphatic rings. The second-order valence-electron chi connectivity index (χ2n) is 3.94. The van der Waals surface area contributed by atoms with Gasteiger partial charge in [0.1, 0.15) is 0 Å². The topological polar surface area (TPSA) is 115 Å². The highest BCUT2D eigenvalue weighted by atomic mass is 32.2. The number of hydrogen-bond donors (Lipinski definition) is 4. The lowest BCUT2D eigenvalue weighted by molar-refractivity contribution is -0.363. The van der Waals surface area contributed by atoms with E-state index in [0.29, 0.717) is 12.5 Å². The van der Waals surface area contributed by atoms with Crippen molar-refractivity contribution in [2.24, 2.45) is 0 Å². The van der Waals surface area contributed by atoms with Gasteiger partial charge in [0.2, 0.25) is 14.8 Å². The van der Waals surface area contributed by atoms with E-state index >= 15 is 0 Å². The highest BCUT2D eigenvalue weighted by molar-refractivity contribution is 7.92. The van der Waals surface area contributed by atoms with Gasteiger partial charge in [0.05, 0.1) is 4.90 Å². The zero-order chi connectivity index (χ0) is 13.5. The highest BCUT2D eigenvalue weighted by Crippen LogP contribution is 2.30. The molecule has 0 bridgehead atoms. The van der Waals surface area contributed by atoms with E-state index in [1.807, 2.05) is 0 Å². The predicted octanol–water partition coefficient (Wildman–Crippen LogP) is -0.892. The molecule has 0 spiro atoms. The van der Waals surface area contributed by atoms with Gasteiger partial charge in [0, 0.05) is 0 Å². The number of benzene rings is 1. The van der Waals surface area contributed by atoms with Crippen LogP contribution in [0.1, 0.15) is 12.5 Å². The van der Waals surface area contributed by atoms with Crippen molar-refractivity contribution >= 4 is 9.84 Å². The van der Waals surface area contributed by atoms with Gasteiger partial charge in [-0.1, -0.05) is 12.1 Å². The molecule has 0 fully saturated rings. The number of sulfone groups is 1. The molecule has 7 heteroatoms. The van der Waals surface area contributed by atoms with Crippen LogP contribution in [-0.4, -0.2) is 39.8 Å². The Kier molecular flexibility index (Phi) is 3.34. The minimum absolute atomic E-state index is 0.316. The molecule has 1 unspecified atom stereocenters. The Morgan fingerprint density at radius 2 is 1.65 bits per heavy atom. The summed E-state index contributed by atoms with van der Waals surface area (Å²) in [5.74, 6) is -3.75. The maximum absolute atomic E-state index is 11.9. The van der Waals surface area contributed by atoms with Crippen molar-refractivity contribution in [3.8, 4) is 0 Å². The standard InChI is InChI=1S/C10H14O6S/c1-7-4-3-5-8(6-7)17(15,16)9(2,11)10(12,13)14/h3-6,11-14H,1-2H3. The van der Waals surface area contributed by atoms with Crippen LogP contribution in [0.2, 0.25) is 0 Å². The lowest BCUT2D eigenvalue weighted by atomic mass is 10.2. The molecule has 4 N–H and O–H groups in total. The van der Waals surface area contributed by atoms with E-state index < -0.39 is 20.7 Å². The van der Waals surface area contributed by atoms with Gasteiger partial charge in [0.15, 0.2) is 0 Å². The molecule has 0 aliphatic heterocycles. The second-order valence-corrected chi connectivity index (χ2v) is 6.21. The molecule has 1 rings (SSSR count). The number of rotatable bonds is 3. The van der Waals surface area contributed by atoms with E-state index in [2.05, 4.69) is 0 Å². The first kappa shape index (κ1) is 14.1. The molecular formula is C10H14O6S. The average Bonchev–Trinajstić information content (AvgIpc) is 2.15. The Morgan fingerprint density at radius 1 is 1.12 bits per heavy atom. The molecular weight excluding hydrogens is 248 g/mol. The fourth-order valence-corrected chi connectivity index (χ4v) is 2.61. The summed E-state index contributed by atoms with van der Waals surface area (Å²) in [5, 5.41) is 36.3. The summed E-state index contributed by atoms with van der Waals surface area (Å²) in [4.78, 5) is -3.45. The van der Waals surface area contributed by atoms with Gasteiger partial charge in [-0.15, -0.1) is 0 Å². The third-order valence-electron chi connectivity index (χ3n) is 2.45. The molecule has 0 saturated carbocycles. The van der Waals surface area contributed by atoms with Crippen molar-refractivity contribution in [2.75, 3.05) is 0 Å². The van der Waals surface area contributed by atoms with E-state index in [-0.39, 0.29) is 4.90 Å². The maximum atomic E-state index is 11.9. The molecule has 0 aliphatic carbocycles. The smallest absolute Gasteiger partial charge is 0.321 e. The lowest BCUT2D eigenvalue weighted by Crippen LogP contribution is -2.57. The Morgan fingerprint density at radius 3 is 2.06 bits per heavy atom. The van der Waals surface area contributed by atoms with E-state index in [9.17, 15) is 13.5 Å². The normalized spacial score (nSPS) is 16.6. The van der Waals surface area contributed by atoms with Crippen molar-refractivity contribution in [3.05, 3.63) is 29.8 Å². The molecule has 0 saturated heterocycles. The largest absolute Gasteiger partial charge is 0.368 e. The molecule has 1 atom stereocenters. The molecule has 1 aromatic carbocycles. The van der Waals surface area contributed by atoms with Gasteiger partial charge in [-0.25, -0.2) is 8.42 Å². The Balaban J connectivity index is 3.40. The van der Waals surface area contributed by atoms with Crippen LogP contribution in [0.25, 0.3) is 0 Å². The van der Waals surface area contributed by atoms with E-state index in [4.69, 9.17) is 15.3 Å². The van der Waals surface area contributed by atoms with Crippen molar-refractivity contribution < 1.29 is 28.8 Å². The summed E-state index contributed by atoms with van der Waals surface area (Å²) in [5.41, 5.74) is 0.612. The van der Waals surface area contributed by atoms with Gasteiger partial charge in [0.25, 0.3) is 0 Å². The van der Waals surface area contributed by atoms with Crippen molar-refractivity contribution in [2.45, 2.75) is 29.6 Å². The van der Waals surface area contributed by atoms with Gasteiger partial charge in [-0.05, 0) is 31.5 Å². The van der Waals surface area contributed by atoms with Gasteiger partial charge >= 0.3 is 5.97 Å². The van der Waals surface area contributed by atoms with Crippen LogP contribution in [0.15, 0.2) is 29.2 Å². The minimum atomic E-state index is -4.51. The minimum Gasteiger partial charge on any atom is -0.368 e. The molecule has 0 aromatic heterocycles. The fraction of sp³-hybridized carbons (Fsp3) is 0.400. The molecule has 6 nitrogen and oxygen atoms in total. The first-order valence-corrected chi connectivity index (χ1v) is 6.19. The van der Waals surface area contributed by atoms with Crippen LogP contribution >= 0.6 is 0 Å². The van der Waals surface area contributed by atoms with Gasteiger partial charge in [-0.3, -0.25) is 0 Å². The summed E-state index contributed by atoms with van der Waals surface area (Å²) in [7, 11) is -4.51. The molecule has 17 heavy (non-hydrogen) atoms. The van der Waals surface area contributed by atoms with Crippen LogP contribution in [-0.2, 0) is 9.84 Å². The third kappa shape index (κ3) is 2.33. The summed E-state index contributed by atoms with van der Waals surface area (Å²) >= 11 is 0. The molecule has 1 aromatic rings. The number of aliphatic hydroxyl groups is 4. The van der Waals surface area contributed by atoms with Gasteiger partial charge < -0.3 is 20.4 Å². The second kappa shape index (κ2) is 4.04. The van der Waals surface area contributed by atoms with Crippen molar-refractivity contribution in [1.82, 2.24) is 0 Å². The Labute approximate surface area is 98.7 Å². The predicted molar refractivity (Wildman–Crippen MR) is 58.4 cm³/mol. The summed E-state index contributed by atoms with van der Waals surface area (Å²) < 4.78 is 23.8. The maximum Gasteiger partial charge on any atom is 0.321 e. The Bertz CT molecular complexity index is 512. The summed E-state index contributed by atoms with van der Waals surface area (Å²) in [6.07, 6.45) is 0. The van der Waals surface area contributed by atoms with E-state index in [1.165, 1.54) is 18.2 Å². The Hall–Kier alpha value is -0.990. The first-order chi connectivity index (χ1) is 7.50. The molecule has 0 amide bonds. The molecule has 96 valence electrons. The van der Waals surface area contributed by atoms with Crippen LogP contribution in [0.4, 0.5) is 0 Å². The molecule has 0 radical (unpaired) electrons. The average molecular weight is 262 g/mol. The lowest BCUT2D eigenvalue weighted by Gasteiger charge is -2.31. The van der Waals surface area contributed by atoms with Crippen molar-refractivity contribution in [1.29, 1.82) is 0 Å².